The fourth-order valence-electron chi connectivity index (χ4n) is 2.68. The molecule has 2 aromatic carbocycles. The topological polar surface area (TPSA) is 26.0 Å². The van der Waals surface area contributed by atoms with Gasteiger partial charge in [-0.05, 0) is 35.2 Å². The number of benzene rings is 2. The Morgan fingerprint density at radius 3 is 2.29 bits per heavy atom. The fraction of sp³-hybridized carbons (Fsp3) is 0.200. The molecule has 0 aliphatic heterocycles. The van der Waals surface area contributed by atoms with Gasteiger partial charge in [0.15, 0.2) is 0 Å². The van der Waals surface area contributed by atoms with E-state index >= 15 is 0 Å². The molecule has 0 aromatic heterocycles. The monoisotopic (exact) mass is 227 g/mol. The van der Waals surface area contributed by atoms with E-state index in [1.54, 1.807) is 0 Å². The molecule has 0 amide bonds. The van der Waals surface area contributed by atoms with Crippen LogP contribution in [0.5, 0.6) is 0 Å². The maximum atomic E-state index is 12.9. The van der Waals surface area contributed by atoms with Crippen molar-refractivity contribution in [3.63, 3.8) is 0 Å². The first-order chi connectivity index (χ1) is 8.25. The van der Waals surface area contributed by atoms with Crippen LogP contribution in [-0.2, 0) is 0 Å². The van der Waals surface area contributed by atoms with Crippen molar-refractivity contribution in [1.82, 2.24) is 0 Å². The second kappa shape index (κ2) is 3.97. The summed E-state index contributed by atoms with van der Waals surface area (Å²) in [5.74, 6) is 0.117. The van der Waals surface area contributed by atoms with Gasteiger partial charge in [0.05, 0.1) is 0 Å². The van der Waals surface area contributed by atoms with Gasteiger partial charge in [0.25, 0.3) is 0 Å². The summed E-state index contributed by atoms with van der Waals surface area (Å²) < 4.78 is 12.9. The first kappa shape index (κ1) is 10.5. The zero-order valence-electron chi connectivity index (χ0n) is 9.44. The number of hydrogen-bond donors (Lipinski definition) is 1. The van der Waals surface area contributed by atoms with Gasteiger partial charge in [-0.3, -0.25) is 0 Å². The van der Waals surface area contributed by atoms with E-state index in [0.717, 1.165) is 12.0 Å². The van der Waals surface area contributed by atoms with E-state index in [-0.39, 0.29) is 11.9 Å². The van der Waals surface area contributed by atoms with Crippen molar-refractivity contribution in [3.05, 3.63) is 71.0 Å². The van der Waals surface area contributed by atoms with Gasteiger partial charge in [-0.15, -0.1) is 0 Å². The zero-order chi connectivity index (χ0) is 11.8. The molecule has 0 saturated heterocycles. The average Bonchev–Trinajstić information content (AvgIpc) is 2.69. The van der Waals surface area contributed by atoms with Gasteiger partial charge in [0.1, 0.15) is 5.82 Å². The van der Waals surface area contributed by atoms with Gasteiger partial charge in [-0.1, -0.05) is 36.4 Å². The minimum absolute atomic E-state index is 0.0984. The molecule has 0 spiro atoms. The maximum absolute atomic E-state index is 12.9. The molecule has 1 aliphatic rings. The second-order valence-corrected chi connectivity index (χ2v) is 4.58. The molecule has 2 aromatic rings. The Balaban J connectivity index is 2.04. The number of fused-ring (bicyclic) bond motifs is 1. The van der Waals surface area contributed by atoms with Crippen molar-refractivity contribution in [2.75, 3.05) is 0 Å². The van der Waals surface area contributed by atoms with Crippen molar-refractivity contribution >= 4 is 0 Å². The molecule has 0 radical (unpaired) electrons. The predicted octanol–water partition coefficient (Wildman–Crippen LogP) is 3.36. The molecule has 3 rings (SSSR count). The summed E-state index contributed by atoms with van der Waals surface area (Å²) in [5.41, 5.74) is 9.78. The van der Waals surface area contributed by atoms with Gasteiger partial charge in [0.2, 0.25) is 0 Å². The highest BCUT2D eigenvalue weighted by Gasteiger charge is 2.29. The Bertz CT molecular complexity index is 533. The predicted molar refractivity (Wildman–Crippen MR) is 66.2 cm³/mol. The molecular formula is C15H14FN. The lowest BCUT2D eigenvalue weighted by molar-refractivity contribution is 0.623. The van der Waals surface area contributed by atoms with E-state index in [1.165, 1.54) is 23.3 Å². The number of nitrogens with two attached hydrogens (primary N) is 1. The zero-order valence-corrected chi connectivity index (χ0v) is 9.44. The van der Waals surface area contributed by atoms with Crippen LogP contribution in [0.3, 0.4) is 0 Å². The summed E-state index contributed by atoms with van der Waals surface area (Å²) in [5, 5.41) is 0. The van der Waals surface area contributed by atoms with Crippen LogP contribution in [0.25, 0.3) is 0 Å². The van der Waals surface area contributed by atoms with Gasteiger partial charge in [-0.2, -0.15) is 0 Å². The van der Waals surface area contributed by atoms with Gasteiger partial charge < -0.3 is 5.73 Å². The third kappa shape index (κ3) is 1.75. The fourth-order valence-corrected chi connectivity index (χ4v) is 2.68. The first-order valence-corrected chi connectivity index (χ1v) is 5.85. The number of rotatable bonds is 1. The number of halogens is 1. The van der Waals surface area contributed by atoms with E-state index in [2.05, 4.69) is 12.1 Å². The molecule has 2 N–H and O–H groups in total. The standard InChI is InChI=1S/C15H14FN/c16-11-7-5-10(6-8-11)14-9-15(17)13-4-2-1-3-12(13)14/h1-8,14-15H,9,17H2/t14-,15-/m0/s1. The molecular weight excluding hydrogens is 213 g/mol. The van der Waals surface area contributed by atoms with Gasteiger partial charge >= 0.3 is 0 Å². The minimum Gasteiger partial charge on any atom is -0.324 e. The highest BCUT2D eigenvalue weighted by Crippen LogP contribution is 2.42. The summed E-state index contributed by atoms with van der Waals surface area (Å²) in [6.07, 6.45) is 0.908. The first-order valence-electron chi connectivity index (χ1n) is 5.85. The second-order valence-electron chi connectivity index (χ2n) is 4.58. The van der Waals surface area contributed by atoms with Crippen LogP contribution >= 0.6 is 0 Å². The molecule has 86 valence electrons. The highest BCUT2D eigenvalue weighted by atomic mass is 19.1. The largest absolute Gasteiger partial charge is 0.324 e. The maximum Gasteiger partial charge on any atom is 0.123 e. The van der Waals surface area contributed by atoms with Crippen LogP contribution in [0, 0.1) is 5.82 Å². The Hall–Kier alpha value is -1.67. The quantitative estimate of drug-likeness (QED) is 0.794. The van der Waals surface area contributed by atoms with Crippen LogP contribution in [0.15, 0.2) is 48.5 Å². The van der Waals surface area contributed by atoms with Crippen LogP contribution < -0.4 is 5.73 Å². The Kier molecular flexibility index (Phi) is 2.45. The van der Waals surface area contributed by atoms with Crippen LogP contribution in [0.2, 0.25) is 0 Å². The highest BCUT2D eigenvalue weighted by molar-refractivity contribution is 5.44. The van der Waals surface area contributed by atoms with Crippen molar-refractivity contribution in [2.45, 2.75) is 18.4 Å². The summed E-state index contributed by atoms with van der Waals surface area (Å²) >= 11 is 0. The molecule has 0 saturated carbocycles. The summed E-state index contributed by atoms with van der Waals surface area (Å²) in [6, 6.07) is 15.1. The molecule has 1 nitrogen and oxygen atoms in total. The van der Waals surface area contributed by atoms with Crippen LogP contribution in [0.4, 0.5) is 4.39 Å². The van der Waals surface area contributed by atoms with E-state index in [9.17, 15) is 4.39 Å². The lowest BCUT2D eigenvalue weighted by Crippen LogP contribution is -2.05. The Labute approximate surface area is 100 Å². The third-order valence-corrected chi connectivity index (χ3v) is 3.53. The molecule has 0 bridgehead atoms. The summed E-state index contributed by atoms with van der Waals surface area (Å²) in [7, 11) is 0. The Morgan fingerprint density at radius 1 is 0.941 bits per heavy atom. The summed E-state index contributed by atoms with van der Waals surface area (Å²) in [4.78, 5) is 0. The van der Waals surface area contributed by atoms with Crippen molar-refractivity contribution in [2.24, 2.45) is 5.73 Å². The van der Waals surface area contributed by atoms with E-state index in [0.29, 0.717) is 5.92 Å². The van der Waals surface area contributed by atoms with Crippen molar-refractivity contribution < 1.29 is 4.39 Å². The van der Waals surface area contributed by atoms with E-state index in [1.807, 2.05) is 24.3 Å². The van der Waals surface area contributed by atoms with Gasteiger partial charge in [0, 0.05) is 12.0 Å². The van der Waals surface area contributed by atoms with Gasteiger partial charge in [-0.25, -0.2) is 4.39 Å². The Morgan fingerprint density at radius 2 is 1.59 bits per heavy atom. The SMILES string of the molecule is N[C@H]1C[C@@H](c2ccc(F)cc2)c2ccccc21. The molecule has 0 unspecified atom stereocenters. The van der Waals surface area contributed by atoms with E-state index < -0.39 is 0 Å². The number of hydrogen-bond acceptors (Lipinski definition) is 1. The van der Waals surface area contributed by atoms with E-state index in [4.69, 9.17) is 5.73 Å². The lowest BCUT2D eigenvalue weighted by atomic mass is 9.93. The third-order valence-electron chi connectivity index (χ3n) is 3.53. The van der Waals surface area contributed by atoms with Crippen molar-refractivity contribution in [3.8, 4) is 0 Å². The minimum atomic E-state index is -0.190. The van der Waals surface area contributed by atoms with Crippen molar-refractivity contribution in [1.29, 1.82) is 0 Å². The lowest BCUT2D eigenvalue weighted by Gasteiger charge is -2.11. The molecule has 0 fully saturated rings. The van der Waals surface area contributed by atoms with Crippen LogP contribution in [-0.4, -0.2) is 0 Å². The molecule has 0 heterocycles. The smallest absolute Gasteiger partial charge is 0.123 e. The molecule has 2 atom stereocenters. The molecule has 1 aliphatic carbocycles. The molecule has 17 heavy (non-hydrogen) atoms. The van der Waals surface area contributed by atoms with Crippen LogP contribution in [0.1, 0.15) is 35.1 Å². The average molecular weight is 227 g/mol. The normalized spacial score (nSPS) is 22.5. The summed E-state index contributed by atoms with van der Waals surface area (Å²) in [6.45, 7) is 0. The molecule has 2 heteroatoms.